The monoisotopic (exact) mass is 1210 g/mol. The van der Waals surface area contributed by atoms with Crippen molar-refractivity contribution in [2.24, 2.45) is 5.92 Å². The van der Waals surface area contributed by atoms with Gasteiger partial charge in [0, 0.05) is 123 Å². The van der Waals surface area contributed by atoms with E-state index in [0.29, 0.717) is 102 Å². The molecule has 3 aliphatic rings. The average Bonchev–Trinajstić information content (AvgIpc) is 3.67. The zero-order chi connectivity index (χ0) is 62.1. The van der Waals surface area contributed by atoms with Crippen molar-refractivity contribution in [1.29, 1.82) is 0 Å². The van der Waals surface area contributed by atoms with Crippen molar-refractivity contribution in [1.82, 2.24) is 56.2 Å². The molecule has 2 aromatic rings. The van der Waals surface area contributed by atoms with Crippen LogP contribution >= 0.6 is 0 Å². The van der Waals surface area contributed by atoms with Gasteiger partial charge in [0.15, 0.2) is 0 Å². The van der Waals surface area contributed by atoms with Crippen molar-refractivity contribution in [2.45, 2.75) is 147 Å². The fraction of sp³-hybridized carbons (Fsp3) is 0.707. The van der Waals surface area contributed by atoms with Crippen molar-refractivity contribution in [3.05, 3.63) is 29.8 Å². The normalized spacial score (nSPS) is 17.7. The van der Waals surface area contributed by atoms with E-state index < -0.39 is 60.4 Å². The molecule has 5 rings (SSSR count). The Kier molecular flexibility index (Phi) is 31.6. The lowest BCUT2D eigenvalue weighted by Crippen LogP contribution is -2.52. The van der Waals surface area contributed by atoms with Crippen LogP contribution in [0.25, 0.3) is 0 Å². The van der Waals surface area contributed by atoms with E-state index in [4.69, 9.17) is 20.1 Å². The van der Waals surface area contributed by atoms with Gasteiger partial charge < -0.3 is 72.3 Å². The molecular weight excluding hydrogens is 1120 g/mol. The number of anilines is 4. The summed E-state index contributed by atoms with van der Waals surface area (Å²) >= 11 is 0. The van der Waals surface area contributed by atoms with E-state index >= 15 is 0 Å². The third-order valence-corrected chi connectivity index (χ3v) is 15.9. The standard InChI is InChI=1S/C58H94N14O14/c73-48(61-24-9-8-13-46(53(82)83)63-58(86)64-47(54(84)85)20-21-50(76)77)14-7-5-3-1-2-4-6-10-29-68-34-36-71(37-35-68)57-66-55(65-56(67-57)70-30-22-42(23-31-70)12-11-15-49(74)75)62-44-18-16-43(17-19-44)38-45-39-69(40-51(78)79)32-27-59-25-26-60-28-33-72(45)41-52(80)81/h16-19,42,45-47,59-60H,1-15,20-41H2,(H,61,73)(H,74,75)(H,76,77)(H,78,79)(H,80,81)(H,82,83)(H,84,85)(H2,63,64,86)(H,62,65,66,67)/t45?,46-,47-/m0/s1. The smallest absolute Gasteiger partial charge is 0.326 e. The van der Waals surface area contributed by atoms with Crippen LogP contribution in [0.15, 0.2) is 24.3 Å². The Labute approximate surface area is 503 Å². The zero-order valence-corrected chi connectivity index (χ0v) is 49.8. The van der Waals surface area contributed by atoms with Gasteiger partial charge in [0.25, 0.3) is 0 Å². The van der Waals surface area contributed by atoms with E-state index in [1.807, 2.05) is 34.1 Å². The highest BCUT2D eigenvalue weighted by Crippen LogP contribution is 2.28. The molecule has 3 saturated heterocycles. The van der Waals surface area contributed by atoms with Crippen molar-refractivity contribution < 1.29 is 69.0 Å². The largest absolute Gasteiger partial charge is 0.481 e. The molecule has 1 aromatic heterocycles. The van der Waals surface area contributed by atoms with Gasteiger partial charge in [-0.2, -0.15) is 15.0 Å². The number of hydrogen-bond acceptors (Lipinski definition) is 19. The summed E-state index contributed by atoms with van der Waals surface area (Å²) < 4.78 is 0. The molecule has 3 aliphatic heterocycles. The summed E-state index contributed by atoms with van der Waals surface area (Å²) in [6.45, 7) is 9.82. The highest BCUT2D eigenvalue weighted by Gasteiger charge is 2.29. The Morgan fingerprint density at radius 1 is 0.547 bits per heavy atom. The molecule has 1 aromatic carbocycles. The van der Waals surface area contributed by atoms with E-state index in [0.717, 1.165) is 134 Å². The van der Waals surface area contributed by atoms with Gasteiger partial charge in [-0.1, -0.05) is 50.7 Å². The minimum atomic E-state index is -1.49. The predicted octanol–water partition coefficient (Wildman–Crippen LogP) is 2.95. The molecule has 0 bridgehead atoms. The minimum absolute atomic E-state index is 0.0546. The van der Waals surface area contributed by atoms with Gasteiger partial charge in [0.2, 0.25) is 23.8 Å². The summed E-state index contributed by atoms with van der Waals surface area (Å²) in [6, 6.07) is 3.84. The fourth-order valence-corrected chi connectivity index (χ4v) is 11.0. The number of carbonyl (C=O) groups excluding carboxylic acids is 2. The zero-order valence-electron chi connectivity index (χ0n) is 49.8. The first-order chi connectivity index (χ1) is 41.4. The van der Waals surface area contributed by atoms with Gasteiger partial charge in [-0.15, -0.1) is 0 Å². The van der Waals surface area contributed by atoms with Crippen LogP contribution in [0.3, 0.4) is 0 Å². The molecule has 3 fully saturated rings. The van der Waals surface area contributed by atoms with Gasteiger partial charge in [0.05, 0.1) is 13.1 Å². The summed E-state index contributed by atoms with van der Waals surface area (Å²) in [5.41, 5.74) is 1.74. The first-order valence-electron chi connectivity index (χ1n) is 30.8. The summed E-state index contributed by atoms with van der Waals surface area (Å²) in [7, 11) is 0. The quantitative estimate of drug-likeness (QED) is 0.0433. The highest BCUT2D eigenvalue weighted by atomic mass is 16.4. The van der Waals surface area contributed by atoms with Gasteiger partial charge in [-0.05, 0) is 101 Å². The Balaban J connectivity index is 1.04. The SMILES string of the molecule is O=C(O)CCCC1CCN(c2nc(Nc3ccc(CC4CN(CC(=O)O)CCNCCNCCN4CC(=O)O)cc3)nc(N3CCN(CCCCCCCCCCC(=O)NCCCC[C@H](NC(=O)N[C@@H](CCC(=O)O)C(=O)O)C(=O)O)CC3)n2)CC1. The molecule has 3 amide bonds. The number of carboxylic acid groups (broad SMARTS) is 6. The third-order valence-electron chi connectivity index (χ3n) is 15.9. The van der Waals surface area contributed by atoms with Gasteiger partial charge in [0.1, 0.15) is 12.1 Å². The maximum absolute atomic E-state index is 12.4. The molecule has 0 radical (unpaired) electrons. The molecule has 0 aliphatic carbocycles. The van der Waals surface area contributed by atoms with Crippen LogP contribution in [0.4, 0.5) is 28.3 Å². The number of nitrogens with one attached hydrogen (secondary N) is 6. The van der Waals surface area contributed by atoms with E-state index in [1.54, 1.807) is 0 Å². The number of piperidine rings is 1. The average molecular weight is 1210 g/mol. The van der Waals surface area contributed by atoms with Crippen LogP contribution in [0.5, 0.6) is 0 Å². The molecule has 4 heterocycles. The van der Waals surface area contributed by atoms with Gasteiger partial charge in [-0.25, -0.2) is 14.4 Å². The molecule has 480 valence electrons. The summed E-state index contributed by atoms with van der Waals surface area (Å²) in [6.07, 6.45) is 12.9. The second kappa shape index (κ2) is 38.9. The third kappa shape index (κ3) is 28.0. The summed E-state index contributed by atoms with van der Waals surface area (Å²) in [4.78, 5) is 119. The van der Waals surface area contributed by atoms with E-state index in [2.05, 4.69) is 46.6 Å². The number of aromatic nitrogens is 3. The molecule has 1 unspecified atom stereocenters. The molecule has 3 atom stereocenters. The number of carboxylic acids is 6. The Morgan fingerprint density at radius 2 is 1.13 bits per heavy atom. The second-order valence-electron chi connectivity index (χ2n) is 22.7. The Bertz CT molecular complexity index is 2430. The van der Waals surface area contributed by atoms with Crippen LogP contribution in [-0.4, -0.2) is 237 Å². The fourth-order valence-electron chi connectivity index (χ4n) is 11.0. The lowest BCUT2D eigenvalue weighted by Gasteiger charge is -2.36. The lowest BCUT2D eigenvalue weighted by atomic mass is 9.92. The van der Waals surface area contributed by atoms with Crippen molar-refractivity contribution in [3.63, 3.8) is 0 Å². The first-order valence-corrected chi connectivity index (χ1v) is 30.8. The number of benzene rings is 1. The molecular formula is C58H94N14O14. The van der Waals surface area contributed by atoms with Crippen LogP contribution in [-0.2, 0) is 40.0 Å². The van der Waals surface area contributed by atoms with Crippen molar-refractivity contribution in [2.75, 3.05) is 126 Å². The van der Waals surface area contributed by atoms with Crippen LogP contribution < -0.4 is 41.7 Å². The summed E-state index contributed by atoms with van der Waals surface area (Å²) in [5.74, 6) is -4.64. The maximum atomic E-state index is 12.4. The molecule has 0 spiro atoms. The first kappa shape index (κ1) is 69.8. The van der Waals surface area contributed by atoms with Crippen LogP contribution in [0, 0.1) is 5.92 Å². The Morgan fingerprint density at radius 3 is 1.73 bits per heavy atom. The Hall–Kier alpha value is -7.01. The number of carbonyl (C=O) groups is 8. The second-order valence-corrected chi connectivity index (χ2v) is 22.7. The molecule has 0 saturated carbocycles. The number of unbranched alkanes of at least 4 members (excludes halogenated alkanes) is 8. The predicted molar refractivity (Wildman–Crippen MR) is 321 cm³/mol. The number of urea groups is 1. The van der Waals surface area contributed by atoms with Gasteiger partial charge in [-0.3, -0.25) is 38.7 Å². The number of nitrogens with zero attached hydrogens (tertiary/aromatic N) is 8. The number of hydrogen-bond donors (Lipinski definition) is 12. The minimum Gasteiger partial charge on any atom is -0.481 e. The summed E-state index contributed by atoms with van der Waals surface area (Å²) in [5, 5.41) is 73.7. The van der Waals surface area contributed by atoms with Crippen molar-refractivity contribution >= 4 is 71.3 Å². The molecule has 28 nitrogen and oxygen atoms in total. The topological polar surface area (TPSA) is 385 Å². The number of amides is 3. The molecule has 12 N–H and O–H groups in total. The highest BCUT2D eigenvalue weighted by molar-refractivity contribution is 5.86. The van der Waals surface area contributed by atoms with E-state index in [1.165, 1.54) is 0 Å². The van der Waals surface area contributed by atoms with Crippen molar-refractivity contribution in [3.8, 4) is 0 Å². The molecule has 28 heteroatoms. The van der Waals surface area contributed by atoms with Crippen LogP contribution in [0.1, 0.15) is 128 Å². The number of piperazine rings is 1. The van der Waals surface area contributed by atoms with Gasteiger partial charge >= 0.3 is 41.8 Å². The number of aliphatic carboxylic acids is 6. The van der Waals surface area contributed by atoms with Crippen LogP contribution in [0.2, 0.25) is 0 Å². The lowest BCUT2D eigenvalue weighted by molar-refractivity contribution is -0.141. The number of rotatable bonds is 37. The van der Waals surface area contributed by atoms with E-state index in [-0.39, 0.29) is 44.3 Å². The molecule has 86 heavy (non-hydrogen) atoms. The van der Waals surface area contributed by atoms with E-state index in [9.17, 15) is 63.9 Å². The maximum Gasteiger partial charge on any atom is 0.326 e.